The third kappa shape index (κ3) is 3.94. The number of para-hydroxylation sites is 2. The summed E-state index contributed by atoms with van der Waals surface area (Å²) in [6, 6.07) is 16.3. The van der Waals surface area contributed by atoms with Crippen LogP contribution in [0.3, 0.4) is 0 Å². The Bertz CT molecular complexity index is 1460. The maximum atomic E-state index is 13.4. The topological polar surface area (TPSA) is 93.5 Å². The highest BCUT2D eigenvalue weighted by molar-refractivity contribution is 7.22. The normalized spacial score (nSPS) is 15.5. The number of hydrogen-bond donors (Lipinski definition) is 1. The summed E-state index contributed by atoms with van der Waals surface area (Å²) >= 11 is 1.34. The zero-order valence-corrected chi connectivity index (χ0v) is 19.5. The predicted molar refractivity (Wildman–Crippen MR) is 133 cm³/mol. The Kier molecular flexibility index (Phi) is 5.62. The molecule has 1 unspecified atom stereocenters. The molecule has 2 aromatic heterocycles. The summed E-state index contributed by atoms with van der Waals surface area (Å²) in [7, 11) is 1.61. The van der Waals surface area contributed by atoms with Crippen molar-refractivity contribution in [1.82, 2.24) is 9.55 Å². The Morgan fingerprint density at radius 2 is 1.94 bits per heavy atom. The monoisotopic (exact) mass is 474 g/mol. The van der Waals surface area contributed by atoms with Gasteiger partial charge in [0.15, 0.2) is 0 Å². The maximum absolute atomic E-state index is 13.4. The van der Waals surface area contributed by atoms with Gasteiger partial charge in [0.2, 0.25) is 11.8 Å². The van der Waals surface area contributed by atoms with Crippen molar-refractivity contribution in [2.24, 2.45) is 0 Å². The van der Waals surface area contributed by atoms with Gasteiger partial charge in [-0.3, -0.25) is 19.0 Å². The summed E-state index contributed by atoms with van der Waals surface area (Å²) in [5.41, 5.74) is 2.47. The Labute approximate surface area is 199 Å². The highest BCUT2D eigenvalue weighted by atomic mass is 32.1. The number of thiophene rings is 1. The third-order valence-corrected chi connectivity index (χ3v) is 6.97. The molecule has 1 N–H and O–H groups in total. The van der Waals surface area contributed by atoms with E-state index >= 15 is 0 Å². The molecule has 1 aliphatic heterocycles. The van der Waals surface area contributed by atoms with Crippen molar-refractivity contribution in [1.29, 1.82) is 0 Å². The Balaban J connectivity index is 1.47. The molecule has 0 saturated carbocycles. The van der Waals surface area contributed by atoms with E-state index in [0.717, 1.165) is 16.2 Å². The van der Waals surface area contributed by atoms with E-state index in [2.05, 4.69) is 10.3 Å². The number of aromatic nitrogens is 2. The zero-order valence-electron chi connectivity index (χ0n) is 18.6. The van der Waals surface area contributed by atoms with Crippen molar-refractivity contribution in [2.75, 3.05) is 17.3 Å². The van der Waals surface area contributed by atoms with Crippen molar-refractivity contribution in [3.8, 4) is 16.2 Å². The minimum atomic E-state index is -0.355. The van der Waals surface area contributed by atoms with E-state index in [1.54, 1.807) is 30.2 Å². The fourth-order valence-corrected chi connectivity index (χ4v) is 5.21. The first kappa shape index (κ1) is 21.8. The van der Waals surface area contributed by atoms with E-state index < -0.39 is 0 Å². The van der Waals surface area contributed by atoms with Crippen molar-refractivity contribution in [3.05, 3.63) is 71.3 Å². The summed E-state index contributed by atoms with van der Waals surface area (Å²) in [6.07, 6.45) is 1.58. The summed E-state index contributed by atoms with van der Waals surface area (Å²) in [6.45, 7) is 1.65. The number of amides is 2. The van der Waals surface area contributed by atoms with Gasteiger partial charge in [-0.15, -0.1) is 11.3 Å². The second-order valence-corrected chi connectivity index (χ2v) is 9.17. The first-order chi connectivity index (χ1) is 16.4. The molecule has 2 amide bonds. The van der Waals surface area contributed by atoms with Gasteiger partial charge in [0, 0.05) is 17.3 Å². The van der Waals surface area contributed by atoms with E-state index in [0.29, 0.717) is 21.6 Å². The minimum Gasteiger partial charge on any atom is -0.497 e. The first-order valence-corrected chi connectivity index (χ1v) is 11.6. The lowest BCUT2D eigenvalue weighted by molar-refractivity contribution is -0.120. The molecule has 9 heteroatoms. The molecule has 0 aliphatic carbocycles. The number of hydrogen-bond acceptors (Lipinski definition) is 6. The average Bonchev–Trinajstić information content (AvgIpc) is 3.22. The number of fused-ring (bicyclic) bond motifs is 2. The maximum Gasteiger partial charge on any atom is 0.271 e. The van der Waals surface area contributed by atoms with Crippen LogP contribution in [0.15, 0.2) is 65.7 Å². The third-order valence-electron chi connectivity index (χ3n) is 5.81. The van der Waals surface area contributed by atoms with Gasteiger partial charge in [-0.2, -0.15) is 0 Å². The SMILES string of the molecule is COc1ccc(-c2cc3ncn(CC(=O)N4c5ccccc5NC(=O)CC4C)c(=O)c3s2)cc1. The van der Waals surface area contributed by atoms with Crippen LogP contribution in [0, 0.1) is 0 Å². The van der Waals surface area contributed by atoms with Gasteiger partial charge in [-0.25, -0.2) is 4.98 Å². The highest BCUT2D eigenvalue weighted by Gasteiger charge is 2.29. The lowest BCUT2D eigenvalue weighted by atomic mass is 10.1. The number of carbonyl (C=O) groups is 2. The molecule has 34 heavy (non-hydrogen) atoms. The first-order valence-electron chi connectivity index (χ1n) is 10.8. The van der Waals surface area contributed by atoms with Crippen molar-refractivity contribution < 1.29 is 14.3 Å². The van der Waals surface area contributed by atoms with E-state index in [9.17, 15) is 14.4 Å². The lowest BCUT2D eigenvalue weighted by Crippen LogP contribution is -2.42. The lowest BCUT2D eigenvalue weighted by Gasteiger charge is -2.28. The number of nitrogens with zero attached hydrogens (tertiary/aromatic N) is 3. The van der Waals surface area contributed by atoms with Crippen LogP contribution in [-0.2, 0) is 16.1 Å². The van der Waals surface area contributed by atoms with Gasteiger partial charge < -0.3 is 15.0 Å². The van der Waals surface area contributed by atoms with Crippen molar-refractivity contribution in [2.45, 2.75) is 25.9 Å². The van der Waals surface area contributed by atoms with E-state index in [1.165, 1.54) is 22.2 Å². The van der Waals surface area contributed by atoms with Crippen molar-refractivity contribution >= 4 is 44.7 Å². The summed E-state index contributed by atoms with van der Waals surface area (Å²) in [5.74, 6) is 0.317. The van der Waals surface area contributed by atoms with E-state index in [4.69, 9.17) is 4.74 Å². The molecular weight excluding hydrogens is 452 g/mol. The number of anilines is 2. The number of methoxy groups -OCH3 is 1. The number of carbonyl (C=O) groups excluding carboxylic acids is 2. The molecule has 2 aromatic carbocycles. The van der Waals surface area contributed by atoms with Crippen LogP contribution in [-0.4, -0.2) is 34.5 Å². The van der Waals surface area contributed by atoms with Gasteiger partial charge in [0.05, 0.1) is 30.3 Å². The van der Waals surface area contributed by atoms with Gasteiger partial charge in [0.25, 0.3) is 5.56 Å². The quantitative estimate of drug-likeness (QED) is 0.484. The molecule has 0 bridgehead atoms. The molecule has 0 fully saturated rings. The van der Waals surface area contributed by atoms with Crippen LogP contribution in [0.4, 0.5) is 11.4 Å². The summed E-state index contributed by atoms with van der Waals surface area (Å²) in [5, 5.41) is 2.84. The van der Waals surface area contributed by atoms with Gasteiger partial charge in [-0.05, 0) is 55.0 Å². The molecule has 0 spiro atoms. The second kappa shape index (κ2) is 8.75. The molecule has 3 heterocycles. The average molecular weight is 475 g/mol. The van der Waals surface area contributed by atoms with E-state index in [-0.39, 0.29) is 36.4 Å². The Hall–Kier alpha value is -3.98. The van der Waals surface area contributed by atoms with Crippen LogP contribution in [0.1, 0.15) is 13.3 Å². The Morgan fingerprint density at radius 1 is 1.18 bits per heavy atom. The van der Waals surface area contributed by atoms with Gasteiger partial charge >= 0.3 is 0 Å². The molecule has 4 aromatic rings. The van der Waals surface area contributed by atoms with Gasteiger partial charge in [0.1, 0.15) is 17.0 Å². The van der Waals surface area contributed by atoms with Crippen LogP contribution < -0.4 is 20.5 Å². The standard InChI is InChI=1S/C25H22N4O4S/c1-15-11-22(30)27-18-5-3-4-6-20(18)29(15)23(31)13-28-14-26-19-12-21(34-24(19)25(28)32)16-7-9-17(33-2)10-8-16/h3-10,12,14-15H,11,13H2,1-2H3,(H,27,30). The van der Waals surface area contributed by atoms with Crippen LogP contribution in [0.2, 0.25) is 0 Å². The zero-order chi connectivity index (χ0) is 23.8. The van der Waals surface area contributed by atoms with Gasteiger partial charge in [-0.1, -0.05) is 12.1 Å². The molecule has 172 valence electrons. The molecule has 8 nitrogen and oxygen atoms in total. The predicted octanol–water partition coefficient (Wildman–Crippen LogP) is 3.90. The van der Waals surface area contributed by atoms with Crippen LogP contribution in [0.5, 0.6) is 5.75 Å². The number of ether oxygens (including phenoxy) is 1. The summed E-state index contributed by atoms with van der Waals surface area (Å²) < 4.78 is 7.02. The fourth-order valence-electron chi connectivity index (χ4n) is 4.15. The molecule has 0 saturated heterocycles. The number of nitrogens with one attached hydrogen (secondary N) is 1. The highest BCUT2D eigenvalue weighted by Crippen LogP contribution is 2.33. The molecule has 0 radical (unpaired) electrons. The molecule has 1 atom stereocenters. The number of rotatable bonds is 4. The summed E-state index contributed by atoms with van der Waals surface area (Å²) in [4.78, 5) is 45.7. The Morgan fingerprint density at radius 3 is 2.71 bits per heavy atom. The largest absolute Gasteiger partial charge is 0.497 e. The van der Waals surface area contributed by atoms with E-state index in [1.807, 2.05) is 43.3 Å². The molecule has 5 rings (SSSR count). The minimum absolute atomic E-state index is 0.153. The number of benzene rings is 2. The molecule has 1 aliphatic rings. The smallest absolute Gasteiger partial charge is 0.271 e. The van der Waals surface area contributed by atoms with Crippen molar-refractivity contribution in [3.63, 3.8) is 0 Å². The fraction of sp³-hybridized carbons (Fsp3) is 0.200. The second-order valence-electron chi connectivity index (χ2n) is 8.11. The van der Waals surface area contributed by atoms with Crippen LogP contribution >= 0.6 is 11.3 Å². The van der Waals surface area contributed by atoms with Crippen LogP contribution in [0.25, 0.3) is 20.7 Å². The molecular formula is C25H22N4O4S.